The van der Waals surface area contributed by atoms with Crippen LogP contribution in [0.5, 0.6) is 0 Å². The van der Waals surface area contributed by atoms with Crippen molar-refractivity contribution in [3.8, 4) is 0 Å². The van der Waals surface area contributed by atoms with Gasteiger partial charge in [-0.2, -0.15) is 0 Å². The minimum Gasteiger partial charge on any atom is -0.0857 e. The first-order chi connectivity index (χ1) is 10.2. The quantitative estimate of drug-likeness (QED) is 0.316. The van der Waals surface area contributed by atoms with Gasteiger partial charge in [0.15, 0.2) is 0 Å². The van der Waals surface area contributed by atoms with Gasteiger partial charge in [0.05, 0.1) is 0 Å². The summed E-state index contributed by atoms with van der Waals surface area (Å²) < 4.78 is 0. The molecule has 0 saturated heterocycles. The van der Waals surface area contributed by atoms with E-state index in [0.717, 1.165) is 5.92 Å². The van der Waals surface area contributed by atoms with Crippen LogP contribution in [0.4, 0.5) is 0 Å². The normalized spacial score (nSPS) is 16.0. The topological polar surface area (TPSA) is 0 Å². The van der Waals surface area contributed by atoms with Gasteiger partial charge in [0, 0.05) is 0 Å². The van der Waals surface area contributed by atoms with Crippen LogP contribution in [0.25, 0.3) is 0 Å². The summed E-state index contributed by atoms with van der Waals surface area (Å²) in [7, 11) is 0. The van der Waals surface area contributed by atoms with Gasteiger partial charge in [-0.1, -0.05) is 83.9 Å². The number of hydrogen-bond acceptors (Lipinski definition) is 0. The molecule has 0 aliphatic rings. The summed E-state index contributed by atoms with van der Waals surface area (Å²) in [4.78, 5) is 0. The van der Waals surface area contributed by atoms with Crippen molar-refractivity contribution in [1.29, 1.82) is 0 Å². The van der Waals surface area contributed by atoms with E-state index < -0.39 is 0 Å². The zero-order chi connectivity index (χ0) is 17.7. The van der Waals surface area contributed by atoms with E-state index in [1.54, 1.807) is 0 Å². The van der Waals surface area contributed by atoms with Crippen LogP contribution in [0.1, 0.15) is 82.1 Å². The second kappa shape index (κ2) is 13.9. The Hall–Kier alpha value is -0.780. The molecule has 0 heteroatoms. The standard InChI is InChI=1S/C20H36.C2H6/c1-15(2)9-11-17(5)19(7)13-14-20(8)18(6)12-10-16(3)4;1-2/h9-12,15,17,19-20H,13-14H2,1-8H3;1-2H3/b11-9-,18-12+;. The van der Waals surface area contributed by atoms with Crippen molar-refractivity contribution in [2.24, 2.45) is 23.7 Å². The van der Waals surface area contributed by atoms with Crippen LogP contribution in [0, 0.1) is 23.7 Å². The summed E-state index contributed by atoms with van der Waals surface area (Å²) in [5, 5.41) is 0. The fourth-order valence-electron chi connectivity index (χ4n) is 2.05. The maximum atomic E-state index is 2.39. The van der Waals surface area contributed by atoms with E-state index in [1.165, 1.54) is 24.0 Å². The molecule has 0 aliphatic heterocycles. The summed E-state index contributed by atoms with van der Waals surface area (Å²) in [6.45, 7) is 22.1. The lowest BCUT2D eigenvalue weighted by Gasteiger charge is -2.20. The Kier molecular flexibility index (Phi) is 14.8. The van der Waals surface area contributed by atoms with Crippen molar-refractivity contribution in [2.45, 2.75) is 82.1 Å². The van der Waals surface area contributed by atoms with Gasteiger partial charge in [-0.15, -0.1) is 0 Å². The van der Waals surface area contributed by atoms with Crippen molar-refractivity contribution in [3.63, 3.8) is 0 Å². The lowest BCUT2D eigenvalue weighted by molar-refractivity contribution is 0.389. The van der Waals surface area contributed by atoms with E-state index in [0.29, 0.717) is 17.8 Å². The fraction of sp³-hybridized carbons (Fsp3) is 0.727. The molecule has 0 N–H and O–H groups in total. The first-order valence-electron chi connectivity index (χ1n) is 9.24. The molecular formula is C22H42. The zero-order valence-corrected chi connectivity index (χ0v) is 17.0. The Balaban J connectivity index is 0. The Morgan fingerprint density at radius 2 is 1.32 bits per heavy atom. The van der Waals surface area contributed by atoms with Crippen molar-refractivity contribution < 1.29 is 0 Å². The Labute approximate surface area is 141 Å². The molecule has 0 amide bonds. The molecule has 0 aliphatic carbocycles. The molecule has 0 saturated carbocycles. The molecule has 0 aromatic heterocycles. The number of rotatable bonds is 8. The van der Waals surface area contributed by atoms with Gasteiger partial charge in [0.1, 0.15) is 0 Å². The van der Waals surface area contributed by atoms with Crippen LogP contribution < -0.4 is 0 Å². The first-order valence-corrected chi connectivity index (χ1v) is 9.24. The predicted molar refractivity (Wildman–Crippen MR) is 105 cm³/mol. The van der Waals surface area contributed by atoms with Gasteiger partial charge in [-0.3, -0.25) is 0 Å². The van der Waals surface area contributed by atoms with E-state index in [4.69, 9.17) is 0 Å². The third-order valence-corrected chi connectivity index (χ3v) is 4.21. The minimum absolute atomic E-state index is 0.665. The minimum atomic E-state index is 0.665. The molecular weight excluding hydrogens is 264 g/mol. The van der Waals surface area contributed by atoms with Gasteiger partial charge >= 0.3 is 0 Å². The zero-order valence-electron chi connectivity index (χ0n) is 17.0. The molecule has 0 spiro atoms. The molecule has 3 unspecified atom stereocenters. The summed E-state index contributed by atoms with van der Waals surface area (Å²) in [6, 6.07) is 0. The molecule has 0 aromatic carbocycles. The smallest absolute Gasteiger partial charge is 0.0231 e. The van der Waals surface area contributed by atoms with Gasteiger partial charge in [0.2, 0.25) is 0 Å². The van der Waals surface area contributed by atoms with Crippen LogP contribution in [-0.4, -0.2) is 0 Å². The van der Waals surface area contributed by atoms with Crippen LogP contribution in [0.15, 0.2) is 35.5 Å². The van der Waals surface area contributed by atoms with Crippen molar-refractivity contribution in [3.05, 3.63) is 35.5 Å². The third kappa shape index (κ3) is 12.9. The molecule has 0 heterocycles. The van der Waals surface area contributed by atoms with Crippen LogP contribution in [0.3, 0.4) is 0 Å². The van der Waals surface area contributed by atoms with Crippen molar-refractivity contribution in [2.75, 3.05) is 0 Å². The molecule has 0 rings (SSSR count). The van der Waals surface area contributed by atoms with E-state index in [2.05, 4.69) is 79.7 Å². The average Bonchev–Trinajstić information content (AvgIpc) is 2.49. The van der Waals surface area contributed by atoms with Gasteiger partial charge in [-0.25, -0.2) is 0 Å². The average molecular weight is 307 g/mol. The van der Waals surface area contributed by atoms with Crippen molar-refractivity contribution >= 4 is 0 Å². The highest BCUT2D eigenvalue weighted by molar-refractivity contribution is 5.15. The Morgan fingerprint density at radius 3 is 1.77 bits per heavy atom. The van der Waals surface area contributed by atoms with E-state index >= 15 is 0 Å². The van der Waals surface area contributed by atoms with Crippen LogP contribution in [-0.2, 0) is 0 Å². The summed E-state index contributed by atoms with van der Waals surface area (Å²) >= 11 is 0. The SMILES string of the molecule is CC.CC(C)=C/C=C(\C)C(C)CCC(C)C(C)/C=C\C(C)C. The molecule has 3 atom stereocenters. The predicted octanol–water partition coefficient (Wildman–Crippen LogP) is 7.83. The highest BCUT2D eigenvalue weighted by atomic mass is 14.2. The Bertz CT molecular complexity index is 337. The van der Waals surface area contributed by atoms with E-state index in [9.17, 15) is 0 Å². The highest BCUT2D eigenvalue weighted by Crippen LogP contribution is 2.24. The monoisotopic (exact) mass is 306 g/mol. The molecule has 0 fully saturated rings. The molecule has 0 radical (unpaired) electrons. The third-order valence-electron chi connectivity index (χ3n) is 4.21. The highest BCUT2D eigenvalue weighted by Gasteiger charge is 2.12. The molecule has 22 heavy (non-hydrogen) atoms. The first kappa shape index (κ1) is 23.5. The van der Waals surface area contributed by atoms with Crippen LogP contribution in [0.2, 0.25) is 0 Å². The fourth-order valence-corrected chi connectivity index (χ4v) is 2.05. The largest absolute Gasteiger partial charge is 0.0857 e. The van der Waals surface area contributed by atoms with Gasteiger partial charge < -0.3 is 0 Å². The molecule has 0 aromatic rings. The van der Waals surface area contributed by atoms with E-state index in [1.807, 2.05) is 13.8 Å². The Morgan fingerprint density at radius 1 is 0.773 bits per heavy atom. The number of hydrogen-bond donors (Lipinski definition) is 0. The summed E-state index contributed by atoms with van der Waals surface area (Å²) in [6.07, 6.45) is 11.8. The summed E-state index contributed by atoms with van der Waals surface area (Å²) in [5.41, 5.74) is 2.88. The second-order valence-electron chi connectivity index (χ2n) is 7.10. The molecule has 0 nitrogen and oxygen atoms in total. The van der Waals surface area contributed by atoms with Gasteiger partial charge in [-0.05, 0) is 57.3 Å². The summed E-state index contributed by atoms with van der Waals surface area (Å²) in [5.74, 6) is 2.81. The lowest BCUT2D eigenvalue weighted by atomic mass is 9.86. The maximum absolute atomic E-state index is 2.39. The van der Waals surface area contributed by atoms with E-state index in [-0.39, 0.29) is 0 Å². The second-order valence-corrected chi connectivity index (χ2v) is 7.10. The van der Waals surface area contributed by atoms with Crippen LogP contribution >= 0.6 is 0 Å². The molecule has 0 bridgehead atoms. The molecule has 130 valence electrons. The maximum Gasteiger partial charge on any atom is -0.0231 e. The number of allylic oxidation sites excluding steroid dienone is 6. The lowest BCUT2D eigenvalue weighted by Crippen LogP contribution is -2.08. The van der Waals surface area contributed by atoms with Gasteiger partial charge in [0.25, 0.3) is 0 Å². The van der Waals surface area contributed by atoms with Crippen molar-refractivity contribution in [1.82, 2.24) is 0 Å².